The molecule has 0 aromatic heterocycles. The molecule has 3 aromatic rings. The zero-order valence-electron chi connectivity index (χ0n) is 14.9. The minimum atomic E-state index is -0.495. The van der Waals surface area contributed by atoms with Crippen LogP contribution >= 0.6 is 0 Å². The van der Waals surface area contributed by atoms with Gasteiger partial charge in [0.2, 0.25) is 0 Å². The van der Waals surface area contributed by atoms with E-state index >= 15 is 0 Å². The molecule has 3 aromatic carbocycles. The number of hydrogen-bond donors (Lipinski definition) is 5. The lowest BCUT2D eigenvalue weighted by atomic mass is 10.1. The molecule has 0 saturated heterocycles. The van der Waals surface area contributed by atoms with Crippen LogP contribution in [0.15, 0.2) is 66.7 Å². The molecule has 0 spiro atoms. The van der Waals surface area contributed by atoms with E-state index in [1.807, 2.05) is 18.2 Å². The van der Waals surface area contributed by atoms with Crippen molar-refractivity contribution in [2.75, 3.05) is 5.32 Å². The smallest absolute Gasteiger partial charge is 0.336 e. The van der Waals surface area contributed by atoms with Gasteiger partial charge >= 0.3 is 5.97 Å². The largest absolute Gasteiger partial charge is 0.423 e. The number of rotatable bonds is 5. The highest BCUT2D eigenvalue weighted by Gasteiger charge is 2.04. The second-order valence-electron chi connectivity index (χ2n) is 6.05. The fourth-order valence-electron chi connectivity index (χ4n) is 2.60. The number of benzene rings is 3. The molecule has 0 aliphatic rings. The first kappa shape index (κ1) is 18.7. The topological polar surface area (TPSA) is 138 Å². The van der Waals surface area contributed by atoms with E-state index in [2.05, 4.69) is 5.32 Å². The van der Waals surface area contributed by atoms with E-state index in [0.717, 1.165) is 16.3 Å². The molecule has 0 bridgehead atoms. The van der Waals surface area contributed by atoms with Crippen LogP contribution in [0.25, 0.3) is 16.8 Å². The third kappa shape index (κ3) is 4.73. The number of nitrogen functional groups attached to an aromatic ring is 1. The van der Waals surface area contributed by atoms with Crippen LogP contribution in [-0.2, 0) is 4.79 Å². The maximum absolute atomic E-state index is 12.1. The number of carbonyl (C=O) groups is 1. The third-order valence-electron chi connectivity index (χ3n) is 3.94. The van der Waals surface area contributed by atoms with Gasteiger partial charge in [-0.25, -0.2) is 4.79 Å². The fraction of sp³-hybridized carbons (Fsp3) is 0. The summed E-state index contributed by atoms with van der Waals surface area (Å²) >= 11 is 0. The lowest BCUT2D eigenvalue weighted by molar-refractivity contribution is -0.128. The summed E-state index contributed by atoms with van der Waals surface area (Å²) in [6, 6.07) is 17.7. The summed E-state index contributed by atoms with van der Waals surface area (Å²) in [5.74, 6) is -0.197. The number of anilines is 1. The Morgan fingerprint density at radius 3 is 2.29 bits per heavy atom. The van der Waals surface area contributed by atoms with Crippen molar-refractivity contribution in [3.8, 4) is 5.75 Å². The molecule has 0 saturated carbocycles. The Kier molecular flexibility index (Phi) is 5.36. The van der Waals surface area contributed by atoms with Crippen LogP contribution in [0, 0.1) is 10.8 Å². The zero-order chi connectivity index (χ0) is 20.1. The van der Waals surface area contributed by atoms with E-state index < -0.39 is 5.97 Å². The quantitative estimate of drug-likeness (QED) is 0.154. The molecule has 0 unspecified atom stereocenters. The highest BCUT2D eigenvalue weighted by molar-refractivity contribution is 5.99. The van der Waals surface area contributed by atoms with Crippen molar-refractivity contribution in [2.45, 2.75) is 0 Å². The summed E-state index contributed by atoms with van der Waals surface area (Å²) in [7, 11) is 0. The van der Waals surface area contributed by atoms with Gasteiger partial charge in [-0.1, -0.05) is 30.3 Å². The highest BCUT2D eigenvalue weighted by atomic mass is 16.5. The van der Waals surface area contributed by atoms with Gasteiger partial charge in [-0.3, -0.25) is 10.8 Å². The summed E-state index contributed by atoms with van der Waals surface area (Å²) in [5, 5.41) is 19.1. The summed E-state index contributed by atoms with van der Waals surface area (Å²) in [5.41, 5.74) is 12.9. The zero-order valence-corrected chi connectivity index (χ0v) is 14.9. The van der Waals surface area contributed by atoms with E-state index in [1.54, 1.807) is 48.5 Å². The van der Waals surface area contributed by atoms with Gasteiger partial charge < -0.3 is 21.5 Å². The molecule has 7 N–H and O–H groups in total. The van der Waals surface area contributed by atoms with Gasteiger partial charge in [-0.2, -0.15) is 0 Å². The van der Waals surface area contributed by atoms with Crippen LogP contribution in [0.1, 0.15) is 11.1 Å². The van der Waals surface area contributed by atoms with E-state index in [9.17, 15) is 4.79 Å². The van der Waals surface area contributed by atoms with Gasteiger partial charge in [0.15, 0.2) is 5.96 Å². The number of hydrogen-bond acceptors (Lipinski definition) is 4. The van der Waals surface area contributed by atoms with E-state index in [4.69, 9.17) is 27.0 Å². The number of esters is 1. The molecule has 3 rings (SSSR count). The molecule has 0 fully saturated rings. The molecule has 140 valence electrons. The average Bonchev–Trinajstić information content (AvgIpc) is 2.66. The Morgan fingerprint density at radius 1 is 0.929 bits per heavy atom. The van der Waals surface area contributed by atoms with Crippen LogP contribution in [0.5, 0.6) is 5.75 Å². The number of fused-ring (bicyclic) bond motifs is 1. The number of amidine groups is 1. The minimum Gasteiger partial charge on any atom is -0.423 e. The summed E-state index contributed by atoms with van der Waals surface area (Å²) in [6.07, 6.45) is 2.98. The molecule has 7 nitrogen and oxygen atoms in total. The normalized spacial score (nSPS) is 10.7. The molecule has 28 heavy (non-hydrogen) atoms. The number of carbonyl (C=O) groups excluding carboxylic acids is 1. The molecular weight excluding hydrogens is 354 g/mol. The Labute approximate surface area is 161 Å². The molecule has 0 aliphatic carbocycles. The van der Waals surface area contributed by atoms with Gasteiger partial charge in [0.1, 0.15) is 11.6 Å². The van der Waals surface area contributed by atoms with E-state index in [-0.39, 0.29) is 11.8 Å². The summed E-state index contributed by atoms with van der Waals surface area (Å²) < 4.78 is 5.35. The Hall–Kier alpha value is -4.13. The third-order valence-corrected chi connectivity index (χ3v) is 3.94. The first-order chi connectivity index (χ1) is 13.4. The summed E-state index contributed by atoms with van der Waals surface area (Å²) in [6.45, 7) is 0. The van der Waals surface area contributed by atoms with Crippen molar-refractivity contribution in [1.29, 1.82) is 10.8 Å². The van der Waals surface area contributed by atoms with E-state index in [0.29, 0.717) is 17.0 Å². The van der Waals surface area contributed by atoms with Crippen LogP contribution in [0.4, 0.5) is 5.69 Å². The number of guanidine groups is 1. The predicted molar refractivity (Wildman–Crippen MR) is 112 cm³/mol. The van der Waals surface area contributed by atoms with Crippen molar-refractivity contribution in [2.24, 2.45) is 11.5 Å². The first-order valence-electron chi connectivity index (χ1n) is 8.40. The second kappa shape index (κ2) is 8.05. The first-order valence-corrected chi connectivity index (χ1v) is 8.40. The molecule has 7 heteroatoms. The number of nitrogens with one attached hydrogen (secondary N) is 3. The average molecular weight is 373 g/mol. The Balaban J connectivity index is 1.67. The SMILES string of the molecule is N=C(N)Nc1ccc(C=CC(=O)Oc2ccc3cc(C(=N)N)ccc3c2)cc1. The van der Waals surface area contributed by atoms with Gasteiger partial charge in [0, 0.05) is 17.3 Å². The van der Waals surface area contributed by atoms with Crippen molar-refractivity contribution >= 4 is 40.3 Å². The van der Waals surface area contributed by atoms with Gasteiger partial charge in [-0.05, 0) is 52.7 Å². The van der Waals surface area contributed by atoms with Crippen LogP contribution < -0.4 is 21.5 Å². The molecular formula is C21H19N5O2. The Bertz CT molecular complexity index is 1090. The lowest BCUT2D eigenvalue weighted by Gasteiger charge is -2.05. The monoisotopic (exact) mass is 373 g/mol. The Morgan fingerprint density at radius 2 is 1.61 bits per heavy atom. The second-order valence-corrected chi connectivity index (χ2v) is 6.05. The fourth-order valence-corrected chi connectivity index (χ4v) is 2.60. The predicted octanol–water partition coefficient (Wildman–Crippen LogP) is 3.05. The number of ether oxygens (including phenoxy) is 1. The van der Waals surface area contributed by atoms with E-state index in [1.165, 1.54) is 6.08 Å². The number of nitrogens with two attached hydrogens (primary N) is 2. The van der Waals surface area contributed by atoms with Gasteiger partial charge in [0.25, 0.3) is 0 Å². The maximum Gasteiger partial charge on any atom is 0.336 e. The van der Waals surface area contributed by atoms with Crippen molar-refractivity contribution in [3.63, 3.8) is 0 Å². The van der Waals surface area contributed by atoms with Gasteiger partial charge in [0.05, 0.1) is 0 Å². The highest BCUT2D eigenvalue weighted by Crippen LogP contribution is 2.22. The van der Waals surface area contributed by atoms with Crippen molar-refractivity contribution in [1.82, 2.24) is 0 Å². The maximum atomic E-state index is 12.1. The molecule has 0 atom stereocenters. The van der Waals surface area contributed by atoms with Gasteiger partial charge in [-0.15, -0.1) is 0 Å². The van der Waals surface area contributed by atoms with Crippen LogP contribution in [-0.4, -0.2) is 17.8 Å². The van der Waals surface area contributed by atoms with Crippen molar-refractivity contribution in [3.05, 3.63) is 77.9 Å². The molecule has 0 aliphatic heterocycles. The van der Waals surface area contributed by atoms with Crippen molar-refractivity contribution < 1.29 is 9.53 Å². The molecule has 0 radical (unpaired) electrons. The standard InChI is InChI=1S/C21H19N5O2/c22-20(23)16-5-4-15-12-18(9-6-14(15)11-16)28-19(27)10-3-13-1-7-17(8-2-13)26-21(24)25/h1-12H,(H3,22,23)(H4,24,25,26). The summed E-state index contributed by atoms with van der Waals surface area (Å²) in [4.78, 5) is 12.1. The van der Waals surface area contributed by atoms with Crippen LogP contribution in [0.2, 0.25) is 0 Å². The lowest BCUT2D eigenvalue weighted by Crippen LogP contribution is -2.20. The van der Waals surface area contributed by atoms with Crippen LogP contribution in [0.3, 0.4) is 0 Å². The minimum absolute atomic E-state index is 0.00708. The molecule has 0 amide bonds. The molecule has 0 heterocycles.